The largest absolute Gasteiger partial charge is 0.334 e. The van der Waals surface area contributed by atoms with E-state index in [1.807, 2.05) is 41.9 Å². The van der Waals surface area contributed by atoms with Crippen LogP contribution in [0.4, 0.5) is 0 Å². The molecule has 1 aromatic carbocycles. The number of rotatable bonds is 3. The third-order valence-electron chi connectivity index (χ3n) is 3.88. The van der Waals surface area contributed by atoms with Crippen molar-refractivity contribution in [1.82, 2.24) is 30.1 Å². The van der Waals surface area contributed by atoms with Crippen molar-refractivity contribution in [1.29, 1.82) is 0 Å². The number of benzene rings is 1. The number of aromatic nitrogens is 6. The fourth-order valence-corrected chi connectivity index (χ4v) is 2.63. The normalized spacial score (nSPS) is 11.5. The summed E-state index contributed by atoms with van der Waals surface area (Å²) in [7, 11) is 0. The first-order valence-electron chi connectivity index (χ1n) is 7.74. The smallest absolute Gasteiger partial charge is 0.258 e. The van der Waals surface area contributed by atoms with Gasteiger partial charge < -0.3 is 4.52 Å². The Bertz CT molecular complexity index is 1020. The maximum absolute atomic E-state index is 5.42. The van der Waals surface area contributed by atoms with E-state index in [2.05, 4.69) is 39.3 Å². The fourth-order valence-electron chi connectivity index (χ4n) is 2.63. The Hall–Kier alpha value is -3.09. The van der Waals surface area contributed by atoms with E-state index in [4.69, 9.17) is 4.52 Å². The van der Waals surface area contributed by atoms with Gasteiger partial charge in [0.2, 0.25) is 5.82 Å². The van der Waals surface area contributed by atoms with Crippen molar-refractivity contribution < 1.29 is 4.52 Å². The summed E-state index contributed by atoms with van der Waals surface area (Å²) in [4.78, 5) is 8.74. The third-order valence-corrected chi connectivity index (χ3v) is 3.88. The van der Waals surface area contributed by atoms with Crippen LogP contribution < -0.4 is 0 Å². The zero-order valence-corrected chi connectivity index (χ0v) is 13.6. The van der Waals surface area contributed by atoms with Crippen LogP contribution in [0.25, 0.3) is 33.9 Å². The van der Waals surface area contributed by atoms with E-state index in [0.717, 1.165) is 27.9 Å². The van der Waals surface area contributed by atoms with E-state index in [-0.39, 0.29) is 6.04 Å². The molecule has 0 radical (unpaired) electrons. The van der Waals surface area contributed by atoms with Gasteiger partial charge in [0.05, 0.1) is 5.52 Å². The van der Waals surface area contributed by atoms with Gasteiger partial charge in [0.15, 0.2) is 0 Å². The monoisotopic (exact) mass is 320 g/mol. The van der Waals surface area contributed by atoms with Crippen molar-refractivity contribution in [3.63, 3.8) is 0 Å². The van der Waals surface area contributed by atoms with Crippen molar-refractivity contribution in [2.75, 3.05) is 0 Å². The van der Waals surface area contributed by atoms with Crippen molar-refractivity contribution in [2.24, 2.45) is 0 Å². The molecule has 0 aliphatic carbocycles. The van der Waals surface area contributed by atoms with Gasteiger partial charge in [-0.25, -0.2) is 4.68 Å². The Kier molecular flexibility index (Phi) is 3.34. The van der Waals surface area contributed by atoms with Gasteiger partial charge in [0.1, 0.15) is 5.52 Å². The van der Waals surface area contributed by atoms with Crippen LogP contribution >= 0.6 is 0 Å². The quantitative estimate of drug-likeness (QED) is 0.575. The molecular weight excluding hydrogens is 304 g/mol. The van der Waals surface area contributed by atoms with Crippen molar-refractivity contribution in [3.8, 4) is 22.8 Å². The second kappa shape index (κ2) is 5.52. The number of pyridine rings is 1. The highest BCUT2D eigenvalue weighted by Crippen LogP contribution is 2.26. The minimum atomic E-state index is 0.254. The number of hydrogen-bond donors (Lipinski definition) is 0. The predicted molar refractivity (Wildman–Crippen MR) is 89.2 cm³/mol. The SMILES string of the molecule is Cc1ncccc1-c1noc(-c2ccc3c(c2)nnn3C(C)C)n1. The van der Waals surface area contributed by atoms with Gasteiger partial charge in [-0.2, -0.15) is 4.98 Å². The summed E-state index contributed by atoms with van der Waals surface area (Å²) < 4.78 is 7.31. The molecule has 0 N–H and O–H groups in total. The number of hydrogen-bond acceptors (Lipinski definition) is 6. The average Bonchev–Trinajstić information content (AvgIpc) is 3.21. The van der Waals surface area contributed by atoms with Crippen LogP contribution in [0.1, 0.15) is 25.6 Å². The van der Waals surface area contributed by atoms with Crippen LogP contribution in [0.3, 0.4) is 0 Å². The van der Waals surface area contributed by atoms with Crippen LogP contribution in [0, 0.1) is 6.92 Å². The number of aryl methyl sites for hydroxylation is 1. The van der Waals surface area contributed by atoms with Gasteiger partial charge in [-0.15, -0.1) is 5.10 Å². The molecule has 0 spiro atoms. The van der Waals surface area contributed by atoms with Gasteiger partial charge in [-0.1, -0.05) is 10.4 Å². The Balaban J connectivity index is 1.75. The summed E-state index contributed by atoms with van der Waals surface area (Å²) in [6, 6.07) is 9.86. The minimum Gasteiger partial charge on any atom is -0.334 e. The predicted octanol–water partition coefficient (Wildman–Crippen LogP) is 3.43. The molecule has 0 unspecified atom stereocenters. The van der Waals surface area contributed by atoms with Gasteiger partial charge in [-0.3, -0.25) is 4.98 Å². The Morgan fingerprint density at radius 1 is 1.17 bits per heavy atom. The fraction of sp³-hybridized carbons (Fsp3) is 0.235. The molecule has 7 heteroatoms. The zero-order chi connectivity index (χ0) is 16.7. The van der Waals surface area contributed by atoms with Crippen LogP contribution in [-0.2, 0) is 0 Å². The summed E-state index contributed by atoms with van der Waals surface area (Å²) in [5.74, 6) is 0.982. The highest BCUT2D eigenvalue weighted by Gasteiger charge is 2.15. The summed E-state index contributed by atoms with van der Waals surface area (Å²) in [6.45, 7) is 6.06. The van der Waals surface area contributed by atoms with Gasteiger partial charge in [-0.05, 0) is 51.1 Å². The molecule has 4 rings (SSSR count). The highest BCUT2D eigenvalue weighted by molar-refractivity contribution is 5.80. The van der Waals surface area contributed by atoms with E-state index in [1.165, 1.54) is 0 Å². The molecule has 120 valence electrons. The molecule has 0 atom stereocenters. The second-order valence-corrected chi connectivity index (χ2v) is 5.89. The first-order valence-corrected chi connectivity index (χ1v) is 7.74. The van der Waals surface area contributed by atoms with Crippen LogP contribution in [0.2, 0.25) is 0 Å². The number of nitrogens with zero attached hydrogens (tertiary/aromatic N) is 6. The zero-order valence-electron chi connectivity index (χ0n) is 13.6. The molecule has 0 aliphatic rings. The maximum Gasteiger partial charge on any atom is 0.258 e. The minimum absolute atomic E-state index is 0.254. The first-order chi connectivity index (χ1) is 11.6. The van der Waals surface area contributed by atoms with Crippen LogP contribution in [0.15, 0.2) is 41.1 Å². The molecule has 0 amide bonds. The van der Waals surface area contributed by atoms with Gasteiger partial charge in [0.25, 0.3) is 5.89 Å². The van der Waals surface area contributed by atoms with Gasteiger partial charge >= 0.3 is 0 Å². The van der Waals surface area contributed by atoms with Crippen molar-refractivity contribution >= 4 is 11.0 Å². The van der Waals surface area contributed by atoms with Gasteiger partial charge in [0, 0.05) is 29.1 Å². The molecule has 0 saturated heterocycles. The lowest BCUT2D eigenvalue weighted by Crippen LogP contribution is -2.02. The molecule has 0 saturated carbocycles. The molecule has 3 heterocycles. The summed E-state index contributed by atoms with van der Waals surface area (Å²) in [6.07, 6.45) is 1.74. The molecule has 0 fully saturated rings. The van der Waals surface area contributed by atoms with E-state index in [0.29, 0.717) is 11.7 Å². The molecule has 0 aliphatic heterocycles. The average molecular weight is 320 g/mol. The highest BCUT2D eigenvalue weighted by atomic mass is 16.5. The van der Waals surface area contributed by atoms with E-state index in [1.54, 1.807) is 6.20 Å². The lowest BCUT2D eigenvalue weighted by Gasteiger charge is -2.04. The molecule has 4 aromatic rings. The van der Waals surface area contributed by atoms with E-state index < -0.39 is 0 Å². The molecular formula is C17H16N6O. The standard InChI is InChI=1S/C17H16N6O/c1-10(2)23-15-7-6-12(9-14(15)20-22-23)17-19-16(21-24-17)13-5-4-8-18-11(13)3/h4-10H,1-3H3. The van der Waals surface area contributed by atoms with Crippen molar-refractivity contribution in [2.45, 2.75) is 26.8 Å². The maximum atomic E-state index is 5.42. The van der Waals surface area contributed by atoms with Crippen molar-refractivity contribution in [3.05, 3.63) is 42.2 Å². The summed E-state index contributed by atoms with van der Waals surface area (Å²) in [5, 5.41) is 12.5. The number of fused-ring (bicyclic) bond motifs is 1. The third kappa shape index (κ3) is 2.34. The summed E-state index contributed by atoms with van der Waals surface area (Å²) in [5.41, 5.74) is 4.33. The molecule has 7 nitrogen and oxygen atoms in total. The molecule has 0 bridgehead atoms. The summed E-state index contributed by atoms with van der Waals surface area (Å²) >= 11 is 0. The Morgan fingerprint density at radius 2 is 2.04 bits per heavy atom. The Labute approximate surface area is 138 Å². The van der Waals surface area contributed by atoms with E-state index >= 15 is 0 Å². The molecule has 24 heavy (non-hydrogen) atoms. The first kappa shape index (κ1) is 14.5. The van der Waals surface area contributed by atoms with Crippen LogP contribution in [-0.4, -0.2) is 30.1 Å². The lowest BCUT2D eigenvalue weighted by atomic mass is 10.2. The Morgan fingerprint density at radius 3 is 2.83 bits per heavy atom. The lowest BCUT2D eigenvalue weighted by molar-refractivity contribution is 0.432. The van der Waals surface area contributed by atoms with Crippen LogP contribution in [0.5, 0.6) is 0 Å². The topological polar surface area (TPSA) is 82.5 Å². The second-order valence-electron chi connectivity index (χ2n) is 5.89. The molecule has 3 aromatic heterocycles. The van der Waals surface area contributed by atoms with E-state index in [9.17, 15) is 0 Å².